The van der Waals surface area contributed by atoms with E-state index in [0.29, 0.717) is 16.7 Å². The van der Waals surface area contributed by atoms with Gasteiger partial charge in [0.05, 0.1) is 10.9 Å². The summed E-state index contributed by atoms with van der Waals surface area (Å²) < 4.78 is 22.4. The number of fused-ring (bicyclic) bond motifs is 2. The van der Waals surface area contributed by atoms with Crippen molar-refractivity contribution in [2.45, 2.75) is 74.4 Å². The van der Waals surface area contributed by atoms with Gasteiger partial charge in [-0.25, -0.2) is 15.0 Å². The van der Waals surface area contributed by atoms with E-state index in [4.69, 9.17) is 14.2 Å². The SMILES string of the molecule is CSC(SC)[C@@]1(C)O[C@@](C)(n2cnc3c(C(=O)c4ccccc4)ncnc32)[C@]2(C)OC(C)(C)O[C@@]21C. The van der Waals surface area contributed by atoms with Crippen LogP contribution in [0.2, 0.25) is 0 Å². The smallest absolute Gasteiger partial charge is 0.213 e. The lowest BCUT2D eigenvalue weighted by atomic mass is 9.73. The molecule has 4 atom stereocenters. The van der Waals surface area contributed by atoms with Crippen LogP contribution >= 0.6 is 23.5 Å². The summed E-state index contributed by atoms with van der Waals surface area (Å²) >= 11 is 3.45. The van der Waals surface area contributed by atoms with Gasteiger partial charge in [-0.05, 0) is 54.1 Å². The summed E-state index contributed by atoms with van der Waals surface area (Å²) in [6, 6.07) is 9.06. The van der Waals surface area contributed by atoms with E-state index in [0.717, 1.165) is 0 Å². The van der Waals surface area contributed by atoms with E-state index in [-0.39, 0.29) is 16.1 Å². The van der Waals surface area contributed by atoms with Crippen molar-refractivity contribution in [1.82, 2.24) is 19.5 Å². The van der Waals surface area contributed by atoms with Gasteiger partial charge in [-0.2, -0.15) is 0 Å². The normalized spacial score (nSPS) is 33.4. The first-order valence-corrected chi connectivity index (χ1v) is 14.4. The zero-order chi connectivity index (χ0) is 26.1. The highest BCUT2D eigenvalue weighted by Crippen LogP contribution is 2.66. The van der Waals surface area contributed by atoms with Gasteiger partial charge >= 0.3 is 0 Å². The van der Waals surface area contributed by atoms with Crippen molar-refractivity contribution in [3.63, 3.8) is 0 Å². The Kier molecular flexibility index (Phi) is 5.89. The fraction of sp³-hybridized carbons (Fsp3) is 0.538. The predicted molar refractivity (Wildman–Crippen MR) is 142 cm³/mol. The lowest BCUT2D eigenvalue weighted by Gasteiger charge is -2.43. The Balaban J connectivity index is 1.71. The molecule has 2 aliphatic heterocycles. The molecule has 2 fully saturated rings. The lowest BCUT2D eigenvalue weighted by molar-refractivity contribution is -0.268. The topological polar surface area (TPSA) is 88.4 Å². The Bertz CT molecular complexity index is 1330. The number of thioether (sulfide) groups is 2. The highest BCUT2D eigenvalue weighted by Gasteiger charge is 2.81. The zero-order valence-electron chi connectivity index (χ0n) is 21.9. The Hall–Kier alpha value is -1.98. The first-order chi connectivity index (χ1) is 16.9. The molecular formula is C26H32N4O4S2. The molecule has 0 N–H and O–H groups in total. The molecule has 10 heteroatoms. The number of benzene rings is 1. The van der Waals surface area contributed by atoms with Crippen LogP contribution in [0.3, 0.4) is 0 Å². The summed E-state index contributed by atoms with van der Waals surface area (Å²) in [6.07, 6.45) is 7.22. The summed E-state index contributed by atoms with van der Waals surface area (Å²) in [5.41, 5.74) is -1.85. The molecule has 2 aliphatic rings. The van der Waals surface area contributed by atoms with Crippen molar-refractivity contribution in [2.75, 3.05) is 12.5 Å². The van der Waals surface area contributed by atoms with Gasteiger partial charge in [0.15, 0.2) is 17.2 Å². The minimum absolute atomic E-state index is 0.0563. The van der Waals surface area contributed by atoms with E-state index in [1.54, 1.807) is 42.0 Å². The Morgan fingerprint density at radius 1 is 0.889 bits per heavy atom. The van der Waals surface area contributed by atoms with Gasteiger partial charge in [-0.1, -0.05) is 30.3 Å². The van der Waals surface area contributed by atoms with Crippen LogP contribution in [-0.2, 0) is 19.9 Å². The summed E-state index contributed by atoms with van der Waals surface area (Å²) in [5, 5.41) is 0. The van der Waals surface area contributed by atoms with E-state index >= 15 is 0 Å². The first-order valence-electron chi connectivity index (χ1n) is 11.8. The number of nitrogens with zero attached hydrogens (tertiary/aromatic N) is 4. The monoisotopic (exact) mass is 528 g/mol. The third-order valence-corrected chi connectivity index (χ3v) is 10.9. The van der Waals surface area contributed by atoms with E-state index in [9.17, 15) is 4.79 Å². The number of ketones is 1. The summed E-state index contributed by atoms with van der Waals surface area (Å²) in [6.45, 7) is 12.1. The van der Waals surface area contributed by atoms with Gasteiger partial charge in [0.1, 0.15) is 34.3 Å². The van der Waals surface area contributed by atoms with Crippen molar-refractivity contribution in [2.24, 2.45) is 0 Å². The van der Waals surface area contributed by atoms with Crippen LogP contribution in [0.25, 0.3) is 11.2 Å². The fourth-order valence-corrected chi connectivity index (χ4v) is 8.27. The van der Waals surface area contributed by atoms with Crippen LogP contribution in [0.5, 0.6) is 0 Å². The van der Waals surface area contributed by atoms with Crippen LogP contribution in [0.15, 0.2) is 43.0 Å². The summed E-state index contributed by atoms with van der Waals surface area (Å²) in [4.78, 5) is 26.8. The number of rotatable bonds is 6. The maximum absolute atomic E-state index is 13.3. The molecule has 0 aliphatic carbocycles. The van der Waals surface area contributed by atoms with Crippen molar-refractivity contribution in [3.05, 3.63) is 54.2 Å². The minimum atomic E-state index is -1.07. The summed E-state index contributed by atoms with van der Waals surface area (Å²) in [5.74, 6) is -1.05. The Morgan fingerprint density at radius 3 is 2.17 bits per heavy atom. The van der Waals surface area contributed by atoms with E-state index in [1.807, 2.05) is 50.5 Å². The third kappa shape index (κ3) is 3.21. The van der Waals surface area contributed by atoms with Crippen molar-refractivity contribution in [3.8, 4) is 0 Å². The molecule has 0 saturated carbocycles. The van der Waals surface area contributed by atoms with E-state index in [2.05, 4.69) is 41.3 Å². The zero-order valence-corrected chi connectivity index (χ0v) is 23.5. The highest BCUT2D eigenvalue weighted by atomic mass is 32.2. The molecule has 3 aromatic rings. The van der Waals surface area contributed by atoms with Gasteiger partial charge in [0, 0.05) is 5.56 Å². The second-order valence-electron chi connectivity index (χ2n) is 10.4. The standard InChI is InChI=1S/C26H32N4O4S2/c1-22(2)32-24(4)23(3,21(35-7)36-8)34-26(6,25(24,5)33-22)30-15-29-18-17(27-14-28-20(18)30)19(31)16-12-10-9-11-13-16/h9-15,21H,1-8H3/t23-,24-,25-,26-/m1/s1. The fourth-order valence-electron chi connectivity index (χ4n) is 6.06. The van der Waals surface area contributed by atoms with Crippen molar-refractivity contribution < 1.29 is 19.0 Å². The van der Waals surface area contributed by atoms with Crippen LogP contribution in [0.4, 0.5) is 0 Å². The van der Waals surface area contributed by atoms with Crippen LogP contribution < -0.4 is 0 Å². The van der Waals surface area contributed by atoms with Crippen LogP contribution in [-0.4, -0.2) is 65.0 Å². The minimum Gasteiger partial charge on any atom is -0.341 e. The third-order valence-electron chi connectivity index (χ3n) is 7.98. The second-order valence-corrected chi connectivity index (χ2v) is 12.6. The molecule has 2 aromatic heterocycles. The average Bonchev–Trinajstić information content (AvgIpc) is 3.40. The van der Waals surface area contributed by atoms with Gasteiger partial charge in [-0.3, -0.25) is 9.36 Å². The number of carbonyl (C=O) groups is 1. The number of imidazole rings is 1. The first kappa shape index (κ1) is 25.7. The molecule has 0 bridgehead atoms. The number of aromatic nitrogens is 4. The molecule has 5 rings (SSSR count). The number of carbonyl (C=O) groups excluding carboxylic acids is 1. The molecule has 36 heavy (non-hydrogen) atoms. The predicted octanol–water partition coefficient (Wildman–Crippen LogP) is 4.87. The molecule has 0 radical (unpaired) electrons. The Morgan fingerprint density at radius 2 is 1.53 bits per heavy atom. The number of hydrogen-bond acceptors (Lipinski definition) is 9. The van der Waals surface area contributed by atoms with Crippen LogP contribution in [0, 0.1) is 0 Å². The van der Waals surface area contributed by atoms with Gasteiger partial charge < -0.3 is 14.2 Å². The molecule has 2 saturated heterocycles. The molecule has 4 heterocycles. The van der Waals surface area contributed by atoms with E-state index < -0.39 is 28.3 Å². The quantitative estimate of drug-likeness (QED) is 0.328. The molecule has 0 unspecified atom stereocenters. The highest BCUT2D eigenvalue weighted by molar-refractivity contribution is 8.16. The second kappa shape index (κ2) is 8.26. The van der Waals surface area contributed by atoms with Crippen molar-refractivity contribution >= 4 is 40.5 Å². The molecule has 1 aromatic carbocycles. The molecule has 0 amide bonds. The molecular weight excluding hydrogens is 496 g/mol. The lowest BCUT2D eigenvalue weighted by Crippen LogP contribution is -2.62. The number of hydrogen-bond donors (Lipinski definition) is 0. The average molecular weight is 529 g/mol. The Labute approximate surface area is 219 Å². The van der Waals surface area contributed by atoms with Crippen LogP contribution in [0.1, 0.15) is 57.6 Å². The molecule has 8 nitrogen and oxygen atoms in total. The largest absolute Gasteiger partial charge is 0.341 e. The molecule has 192 valence electrons. The molecule has 0 spiro atoms. The maximum Gasteiger partial charge on any atom is 0.213 e. The van der Waals surface area contributed by atoms with Gasteiger partial charge in [-0.15, -0.1) is 23.5 Å². The van der Waals surface area contributed by atoms with Gasteiger partial charge in [0.25, 0.3) is 0 Å². The number of ether oxygens (including phenoxy) is 3. The van der Waals surface area contributed by atoms with Crippen molar-refractivity contribution in [1.29, 1.82) is 0 Å². The van der Waals surface area contributed by atoms with Gasteiger partial charge in [0.2, 0.25) is 5.78 Å². The maximum atomic E-state index is 13.3. The van der Waals surface area contributed by atoms with E-state index in [1.165, 1.54) is 6.33 Å². The summed E-state index contributed by atoms with van der Waals surface area (Å²) in [7, 11) is 0.